The summed E-state index contributed by atoms with van der Waals surface area (Å²) in [5, 5.41) is 12.4. The topological polar surface area (TPSA) is 49.3 Å². The zero-order chi connectivity index (χ0) is 11.4. The Morgan fingerprint density at radius 3 is 2.87 bits per heavy atom. The van der Waals surface area contributed by atoms with Crippen LogP contribution >= 0.6 is 27.5 Å². The molecular formula is C10H11BrClNO2. The van der Waals surface area contributed by atoms with Crippen molar-refractivity contribution >= 4 is 39.2 Å². The number of carboxylic acids is 1. The second kappa shape index (κ2) is 5.37. The maximum atomic E-state index is 10.6. The predicted octanol–water partition coefficient (Wildman–Crippen LogP) is 3.24. The molecule has 2 N–H and O–H groups in total. The fourth-order valence-electron chi connectivity index (χ4n) is 0.983. The average Bonchev–Trinajstić information content (AvgIpc) is 2.15. The van der Waals surface area contributed by atoms with Crippen molar-refractivity contribution in [1.29, 1.82) is 0 Å². The van der Waals surface area contributed by atoms with E-state index in [-0.39, 0.29) is 0 Å². The maximum absolute atomic E-state index is 10.6. The van der Waals surface area contributed by atoms with Gasteiger partial charge in [0.25, 0.3) is 0 Å². The summed E-state index contributed by atoms with van der Waals surface area (Å²) in [6.45, 7) is 2.04. The maximum Gasteiger partial charge on any atom is 0.308 e. The van der Waals surface area contributed by atoms with Gasteiger partial charge in [0.05, 0.1) is 5.92 Å². The standard InChI is InChI=1S/C10H11BrClNO2/c1-6(10(14)15)5-13-9-3-2-7(12)4-8(9)11/h2-4,6,13H,5H2,1H3,(H,14,15). The molecule has 0 aliphatic carbocycles. The molecule has 0 radical (unpaired) electrons. The fourth-order valence-corrected chi connectivity index (χ4v) is 1.81. The first kappa shape index (κ1) is 12.3. The van der Waals surface area contributed by atoms with E-state index in [0.717, 1.165) is 10.2 Å². The normalized spacial score (nSPS) is 12.2. The van der Waals surface area contributed by atoms with E-state index in [9.17, 15) is 4.79 Å². The summed E-state index contributed by atoms with van der Waals surface area (Å²) in [5.41, 5.74) is 0.840. The van der Waals surface area contributed by atoms with Crippen molar-refractivity contribution < 1.29 is 9.90 Å². The van der Waals surface area contributed by atoms with Gasteiger partial charge in [0.15, 0.2) is 0 Å². The molecule has 0 fully saturated rings. The zero-order valence-corrected chi connectivity index (χ0v) is 10.5. The summed E-state index contributed by atoms with van der Waals surface area (Å²) >= 11 is 9.12. The first-order valence-corrected chi connectivity index (χ1v) is 5.59. The number of nitrogens with one attached hydrogen (secondary N) is 1. The molecule has 0 aliphatic rings. The van der Waals surface area contributed by atoms with Crippen LogP contribution in [-0.4, -0.2) is 17.6 Å². The van der Waals surface area contributed by atoms with Crippen molar-refractivity contribution in [3.63, 3.8) is 0 Å². The van der Waals surface area contributed by atoms with E-state index in [1.807, 2.05) is 0 Å². The van der Waals surface area contributed by atoms with Gasteiger partial charge in [0.1, 0.15) is 0 Å². The fraction of sp³-hybridized carbons (Fsp3) is 0.300. The average molecular weight is 293 g/mol. The van der Waals surface area contributed by atoms with Crippen molar-refractivity contribution in [3.8, 4) is 0 Å². The number of hydrogen-bond donors (Lipinski definition) is 2. The Kier molecular flexibility index (Phi) is 4.42. The van der Waals surface area contributed by atoms with Gasteiger partial charge in [-0.15, -0.1) is 0 Å². The summed E-state index contributed by atoms with van der Waals surface area (Å²) < 4.78 is 0.826. The molecule has 0 heterocycles. The molecule has 1 unspecified atom stereocenters. The molecule has 0 spiro atoms. The van der Waals surface area contributed by atoms with E-state index in [0.29, 0.717) is 11.6 Å². The SMILES string of the molecule is CC(CNc1ccc(Cl)cc1Br)C(=O)O. The van der Waals surface area contributed by atoms with Crippen molar-refractivity contribution in [2.75, 3.05) is 11.9 Å². The third-order valence-electron chi connectivity index (χ3n) is 1.95. The first-order chi connectivity index (χ1) is 7.00. The van der Waals surface area contributed by atoms with E-state index >= 15 is 0 Å². The molecule has 0 aromatic heterocycles. The Bertz CT molecular complexity index is 370. The number of halogens is 2. The van der Waals surface area contributed by atoms with E-state index in [2.05, 4.69) is 21.2 Å². The summed E-state index contributed by atoms with van der Waals surface area (Å²) in [5.74, 6) is -1.24. The number of rotatable bonds is 4. The van der Waals surface area contributed by atoms with Crippen LogP contribution in [-0.2, 0) is 4.79 Å². The molecule has 0 bridgehead atoms. The van der Waals surface area contributed by atoms with Gasteiger partial charge >= 0.3 is 5.97 Å². The Morgan fingerprint density at radius 2 is 2.33 bits per heavy atom. The summed E-state index contributed by atoms with van der Waals surface area (Å²) in [6, 6.07) is 5.32. The Balaban J connectivity index is 2.62. The number of hydrogen-bond acceptors (Lipinski definition) is 2. The van der Waals surface area contributed by atoms with E-state index in [1.165, 1.54) is 0 Å². The van der Waals surface area contributed by atoms with Gasteiger partial charge in [-0.1, -0.05) is 18.5 Å². The van der Waals surface area contributed by atoms with E-state index in [4.69, 9.17) is 16.7 Å². The van der Waals surface area contributed by atoms with E-state index < -0.39 is 11.9 Å². The molecule has 0 saturated carbocycles. The Hall–Kier alpha value is -0.740. The van der Waals surface area contributed by atoms with Crippen LogP contribution in [0.1, 0.15) is 6.92 Å². The van der Waals surface area contributed by atoms with Gasteiger partial charge in [-0.2, -0.15) is 0 Å². The predicted molar refractivity (Wildman–Crippen MR) is 64.4 cm³/mol. The molecule has 1 atom stereocenters. The minimum absolute atomic E-state index is 0.384. The largest absolute Gasteiger partial charge is 0.481 e. The molecule has 1 rings (SSSR count). The second-order valence-electron chi connectivity index (χ2n) is 3.24. The highest BCUT2D eigenvalue weighted by Crippen LogP contribution is 2.25. The number of anilines is 1. The van der Waals surface area contributed by atoms with Crippen molar-refractivity contribution in [2.45, 2.75) is 6.92 Å². The molecule has 82 valence electrons. The van der Waals surface area contributed by atoms with Crippen molar-refractivity contribution in [3.05, 3.63) is 27.7 Å². The summed E-state index contributed by atoms with van der Waals surface area (Å²) in [4.78, 5) is 10.6. The summed E-state index contributed by atoms with van der Waals surface area (Å²) in [7, 11) is 0. The molecule has 3 nitrogen and oxygen atoms in total. The van der Waals surface area contributed by atoms with Gasteiger partial charge in [-0.3, -0.25) is 4.79 Å². The van der Waals surface area contributed by atoms with Crippen LogP contribution in [0.5, 0.6) is 0 Å². The van der Waals surface area contributed by atoms with Crippen LogP contribution < -0.4 is 5.32 Å². The molecule has 5 heteroatoms. The van der Waals surface area contributed by atoms with Crippen LogP contribution in [0.4, 0.5) is 5.69 Å². The van der Waals surface area contributed by atoms with Crippen molar-refractivity contribution in [1.82, 2.24) is 0 Å². The quantitative estimate of drug-likeness (QED) is 0.896. The van der Waals surface area contributed by atoms with Gasteiger partial charge in [0, 0.05) is 21.7 Å². The van der Waals surface area contributed by atoms with Crippen LogP contribution in [0.25, 0.3) is 0 Å². The smallest absolute Gasteiger partial charge is 0.308 e. The highest BCUT2D eigenvalue weighted by molar-refractivity contribution is 9.10. The van der Waals surface area contributed by atoms with Crippen LogP contribution in [0.15, 0.2) is 22.7 Å². The van der Waals surface area contributed by atoms with E-state index in [1.54, 1.807) is 25.1 Å². The minimum atomic E-state index is -0.812. The van der Waals surface area contributed by atoms with Gasteiger partial charge in [0.2, 0.25) is 0 Å². The number of benzene rings is 1. The molecule has 1 aromatic carbocycles. The highest BCUT2D eigenvalue weighted by Gasteiger charge is 2.10. The molecule has 0 saturated heterocycles. The van der Waals surface area contributed by atoms with Gasteiger partial charge in [-0.05, 0) is 34.1 Å². The Morgan fingerprint density at radius 1 is 1.67 bits per heavy atom. The lowest BCUT2D eigenvalue weighted by molar-refractivity contribution is -0.140. The highest BCUT2D eigenvalue weighted by atomic mass is 79.9. The van der Waals surface area contributed by atoms with Gasteiger partial charge in [-0.25, -0.2) is 0 Å². The van der Waals surface area contributed by atoms with Crippen LogP contribution in [0.3, 0.4) is 0 Å². The zero-order valence-electron chi connectivity index (χ0n) is 8.13. The number of aliphatic carboxylic acids is 1. The lowest BCUT2D eigenvalue weighted by Crippen LogP contribution is -2.19. The minimum Gasteiger partial charge on any atom is -0.481 e. The number of carboxylic acid groups (broad SMARTS) is 1. The molecule has 0 amide bonds. The second-order valence-corrected chi connectivity index (χ2v) is 4.54. The third kappa shape index (κ3) is 3.72. The first-order valence-electron chi connectivity index (χ1n) is 4.42. The molecule has 15 heavy (non-hydrogen) atoms. The molecule has 0 aliphatic heterocycles. The summed E-state index contributed by atoms with van der Waals surface area (Å²) in [6.07, 6.45) is 0. The lowest BCUT2D eigenvalue weighted by atomic mass is 10.2. The third-order valence-corrected chi connectivity index (χ3v) is 2.84. The van der Waals surface area contributed by atoms with Crippen molar-refractivity contribution in [2.24, 2.45) is 5.92 Å². The Labute approximate surface area is 102 Å². The lowest BCUT2D eigenvalue weighted by Gasteiger charge is -2.11. The molecule has 1 aromatic rings. The number of carbonyl (C=O) groups is 1. The van der Waals surface area contributed by atoms with Crippen LogP contribution in [0.2, 0.25) is 5.02 Å². The molecular weight excluding hydrogens is 281 g/mol. The van der Waals surface area contributed by atoms with Crippen LogP contribution in [0, 0.1) is 5.92 Å². The van der Waals surface area contributed by atoms with Gasteiger partial charge < -0.3 is 10.4 Å². The monoisotopic (exact) mass is 291 g/mol.